The third-order valence-electron chi connectivity index (χ3n) is 3.95. The van der Waals surface area contributed by atoms with Gasteiger partial charge in [0.25, 0.3) is 0 Å². The molecule has 2 amide bonds. The van der Waals surface area contributed by atoms with Crippen molar-refractivity contribution in [1.82, 2.24) is 9.80 Å². The SMILES string of the molecule is CN(C)CCCOC1CCN(C(=O)Nc2ccccc2F)CC1. The van der Waals surface area contributed by atoms with Gasteiger partial charge in [-0.2, -0.15) is 0 Å². The number of piperidine rings is 1. The Morgan fingerprint density at radius 1 is 1.35 bits per heavy atom. The molecule has 0 atom stereocenters. The summed E-state index contributed by atoms with van der Waals surface area (Å²) in [6, 6.07) is 5.95. The van der Waals surface area contributed by atoms with Gasteiger partial charge in [-0.25, -0.2) is 9.18 Å². The smallest absolute Gasteiger partial charge is 0.321 e. The number of likely N-dealkylation sites (tertiary alicyclic amines) is 1. The highest BCUT2D eigenvalue weighted by Gasteiger charge is 2.23. The Labute approximate surface area is 137 Å². The number of urea groups is 1. The second kappa shape index (κ2) is 8.84. The molecule has 6 heteroatoms. The van der Waals surface area contributed by atoms with Gasteiger partial charge in [-0.15, -0.1) is 0 Å². The van der Waals surface area contributed by atoms with E-state index in [9.17, 15) is 9.18 Å². The maximum Gasteiger partial charge on any atom is 0.321 e. The van der Waals surface area contributed by atoms with E-state index in [-0.39, 0.29) is 17.8 Å². The Kier molecular flexibility index (Phi) is 6.80. The van der Waals surface area contributed by atoms with Gasteiger partial charge >= 0.3 is 6.03 Å². The number of nitrogens with one attached hydrogen (secondary N) is 1. The highest BCUT2D eigenvalue weighted by atomic mass is 19.1. The number of hydrogen-bond acceptors (Lipinski definition) is 3. The molecule has 1 aromatic rings. The minimum atomic E-state index is -0.417. The second-order valence-electron chi connectivity index (χ2n) is 6.12. The van der Waals surface area contributed by atoms with Crippen molar-refractivity contribution in [3.05, 3.63) is 30.1 Å². The van der Waals surface area contributed by atoms with E-state index in [2.05, 4.69) is 10.2 Å². The van der Waals surface area contributed by atoms with Gasteiger partial charge in [0.15, 0.2) is 0 Å². The maximum absolute atomic E-state index is 13.6. The fraction of sp³-hybridized carbons (Fsp3) is 0.588. The van der Waals surface area contributed by atoms with Crippen LogP contribution in [0.2, 0.25) is 0 Å². The number of halogens is 1. The van der Waals surface area contributed by atoms with Crippen molar-refractivity contribution in [2.24, 2.45) is 0 Å². The lowest BCUT2D eigenvalue weighted by Gasteiger charge is -2.32. The number of carbonyl (C=O) groups is 1. The number of nitrogens with zero attached hydrogens (tertiary/aromatic N) is 2. The Morgan fingerprint density at radius 2 is 2.04 bits per heavy atom. The first-order valence-corrected chi connectivity index (χ1v) is 8.13. The van der Waals surface area contributed by atoms with Gasteiger partial charge in [-0.1, -0.05) is 12.1 Å². The molecule has 23 heavy (non-hydrogen) atoms. The molecular formula is C17H26FN3O2. The minimum absolute atomic E-state index is 0.217. The van der Waals surface area contributed by atoms with Crippen molar-refractivity contribution in [3.63, 3.8) is 0 Å². The van der Waals surface area contributed by atoms with Crippen molar-refractivity contribution >= 4 is 11.7 Å². The first-order chi connectivity index (χ1) is 11.1. The molecule has 5 nitrogen and oxygen atoms in total. The maximum atomic E-state index is 13.6. The van der Waals surface area contributed by atoms with Crippen LogP contribution in [0.25, 0.3) is 0 Å². The molecule has 0 aromatic heterocycles. The number of amides is 2. The van der Waals surface area contributed by atoms with Crippen LogP contribution in [-0.4, -0.2) is 62.3 Å². The number of para-hydroxylation sites is 1. The monoisotopic (exact) mass is 323 g/mol. The standard InChI is InChI=1S/C17H26FN3O2/c1-20(2)10-5-13-23-14-8-11-21(12-9-14)17(22)19-16-7-4-3-6-15(16)18/h3-4,6-7,14H,5,8-13H2,1-2H3,(H,19,22). The molecule has 2 rings (SSSR count). The van der Waals surface area contributed by atoms with E-state index in [1.165, 1.54) is 6.07 Å². The molecule has 1 fully saturated rings. The predicted molar refractivity (Wildman–Crippen MR) is 89.1 cm³/mol. The fourth-order valence-electron chi connectivity index (χ4n) is 2.61. The van der Waals surface area contributed by atoms with Crippen LogP contribution >= 0.6 is 0 Å². The zero-order valence-corrected chi connectivity index (χ0v) is 13.9. The number of ether oxygens (including phenoxy) is 1. The largest absolute Gasteiger partial charge is 0.378 e. The van der Waals surface area contributed by atoms with Crippen LogP contribution in [-0.2, 0) is 4.74 Å². The van der Waals surface area contributed by atoms with Gasteiger partial charge in [0.1, 0.15) is 5.82 Å². The summed E-state index contributed by atoms with van der Waals surface area (Å²) >= 11 is 0. The van der Waals surface area contributed by atoms with Gasteiger partial charge in [-0.05, 0) is 52.0 Å². The number of anilines is 1. The van der Waals surface area contributed by atoms with Crippen LogP contribution in [0.4, 0.5) is 14.9 Å². The molecule has 0 spiro atoms. The highest BCUT2D eigenvalue weighted by Crippen LogP contribution is 2.17. The van der Waals surface area contributed by atoms with Crippen molar-refractivity contribution in [2.45, 2.75) is 25.4 Å². The highest BCUT2D eigenvalue weighted by molar-refractivity contribution is 5.89. The van der Waals surface area contributed by atoms with E-state index in [4.69, 9.17) is 4.74 Å². The summed E-state index contributed by atoms with van der Waals surface area (Å²) in [5.74, 6) is -0.417. The third kappa shape index (κ3) is 5.80. The lowest BCUT2D eigenvalue weighted by atomic mass is 10.1. The van der Waals surface area contributed by atoms with E-state index >= 15 is 0 Å². The van der Waals surface area contributed by atoms with E-state index in [1.54, 1.807) is 23.1 Å². The number of carbonyl (C=O) groups excluding carboxylic acids is 1. The first-order valence-electron chi connectivity index (χ1n) is 8.13. The molecule has 1 aliphatic heterocycles. The molecule has 1 heterocycles. The quantitative estimate of drug-likeness (QED) is 0.819. The van der Waals surface area contributed by atoms with Crippen LogP contribution < -0.4 is 5.32 Å². The summed E-state index contributed by atoms with van der Waals surface area (Å²) in [6.07, 6.45) is 2.88. The summed E-state index contributed by atoms with van der Waals surface area (Å²) in [5, 5.41) is 2.63. The summed E-state index contributed by atoms with van der Waals surface area (Å²) in [5.41, 5.74) is 0.222. The fourth-order valence-corrected chi connectivity index (χ4v) is 2.61. The van der Waals surface area contributed by atoms with Crippen LogP contribution in [0.3, 0.4) is 0 Å². The number of hydrogen-bond donors (Lipinski definition) is 1. The molecule has 1 N–H and O–H groups in total. The van der Waals surface area contributed by atoms with E-state index in [0.717, 1.165) is 32.4 Å². The number of benzene rings is 1. The Hall–Kier alpha value is -1.66. The second-order valence-corrected chi connectivity index (χ2v) is 6.12. The normalized spacial score (nSPS) is 15.9. The van der Waals surface area contributed by atoms with Crippen molar-refractivity contribution < 1.29 is 13.9 Å². The molecule has 1 saturated heterocycles. The lowest BCUT2D eigenvalue weighted by molar-refractivity contribution is 0.0130. The van der Waals surface area contributed by atoms with Gasteiger partial charge in [0.2, 0.25) is 0 Å². The Bertz CT molecular complexity index is 502. The summed E-state index contributed by atoms with van der Waals surface area (Å²) < 4.78 is 19.4. The Balaban J connectivity index is 1.69. The van der Waals surface area contributed by atoms with Crippen LogP contribution in [0.5, 0.6) is 0 Å². The van der Waals surface area contributed by atoms with Gasteiger partial charge < -0.3 is 19.9 Å². The summed E-state index contributed by atoms with van der Waals surface area (Å²) in [7, 11) is 4.10. The van der Waals surface area contributed by atoms with Crippen molar-refractivity contribution in [2.75, 3.05) is 45.7 Å². The zero-order chi connectivity index (χ0) is 16.7. The molecule has 0 aliphatic carbocycles. The summed E-state index contributed by atoms with van der Waals surface area (Å²) in [4.78, 5) is 16.0. The minimum Gasteiger partial charge on any atom is -0.378 e. The van der Waals surface area contributed by atoms with Crippen LogP contribution in [0.15, 0.2) is 24.3 Å². The first kappa shape index (κ1) is 17.7. The van der Waals surface area contributed by atoms with E-state index < -0.39 is 5.82 Å². The topological polar surface area (TPSA) is 44.8 Å². The predicted octanol–water partition coefficient (Wildman–Crippen LogP) is 2.79. The van der Waals surface area contributed by atoms with Gasteiger partial charge in [0, 0.05) is 19.7 Å². The number of rotatable bonds is 6. The molecule has 0 unspecified atom stereocenters. The molecule has 0 radical (unpaired) electrons. The van der Waals surface area contributed by atoms with E-state index in [0.29, 0.717) is 13.1 Å². The molecule has 1 aliphatic rings. The van der Waals surface area contributed by atoms with Crippen molar-refractivity contribution in [3.8, 4) is 0 Å². The van der Waals surface area contributed by atoms with E-state index in [1.807, 2.05) is 14.1 Å². The Morgan fingerprint density at radius 3 is 2.70 bits per heavy atom. The lowest BCUT2D eigenvalue weighted by Crippen LogP contribution is -2.43. The molecule has 0 saturated carbocycles. The molecular weight excluding hydrogens is 297 g/mol. The average molecular weight is 323 g/mol. The zero-order valence-electron chi connectivity index (χ0n) is 13.9. The van der Waals surface area contributed by atoms with Crippen LogP contribution in [0, 0.1) is 5.82 Å². The van der Waals surface area contributed by atoms with Gasteiger partial charge in [-0.3, -0.25) is 0 Å². The van der Waals surface area contributed by atoms with Crippen molar-refractivity contribution in [1.29, 1.82) is 0 Å². The van der Waals surface area contributed by atoms with Gasteiger partial charge in [0.05, 0.1) is 11.8 Å². The molecule has 0 bridgehead atoms. The summed E-state index contributed by atoms with van der Waals surface area (Å²) in [6.45, 7) is 3.05. The van der Waals surface area contributed by atoms with Crippen LogP contribution in [0.1, 0.15) is 19.3 Å². The third-order valence-corrected chi connectivity index (χ3v) is 3.95. The molecule has 1 aromatic carbocycles. The average Bonchev–Trinajstić information content (AvgIpc) is 2.54. The molecule has 128 valence electrons.